The van der Waals surface area contributed by atoms with Crippen molar-refractivity contribution in [2.75, 3.05) is 0 Å². The van der Waals surface area contributed by atoms with Gasteiger partial charge in [0.05, 0.1) is 12.2 Å². The zero-order chi connectivity index (χ0) is 15.9. The van der Waals surface area contributed by atoms with Crippen LogP contribution in [0.5, 0.6) is 0 Å². The molecule has 3 rings (SSSR count). The molecule has 0 amide bonds. The molecule has 0 aromatic rings. The maximum Gasteiger partial charge on any atom is 0.142 e. The Morgan fingerprint density at radius 2 is 1.91 bits per heavy atom. The van der Waals surface area contributed by atoms with Crippen molar-refractivity contribution in [2.24, 2.45) is 29.1 Å². The van der Waals surface area contributed by atoms with Crippen LogP contribution in [-0.4, -0.2) is 28.2 Å². The molecule has 22 heavy (non-hydrogen) atoms. The van der Waals surface area contributed by atoms with Crippen LogP contribution in [0.25, 0.3) is 0 Å². The summed E-state index contributed by atoms with van der Waals surface area (Å²) in [6, 6.07) is 0. The molecule has 0 saturated heterocycles. The van der Waals surface area contributed by atoms with E-state index in [-0.39, 0.29) is 29.3 Å². The second kappa shape index (κ2) is 6.09. The number of carbonyl (C=O) groups is 1. The highest BCUT2D eigenvalue weighted by atomic mass is 16.3. The van der Waals surface area contributed by atoms with Crippen LogP contribution in [0.2, 0.25) is 0 Å². The fraction of sp³-hybridized carbons (Fsp3) is 0.842. The minimum Gasteiger partial charge on any atom is -0.393 e. The molecular weight excluding hydrogens is 276 g/mol. The van der Waals surface area contributed by atoms with E-state index in [9.17, 15) is 15.0 Å². The van der Waals surface area contributed by atoms with E-state index >= 15 is 0 Å². The third-order valence-electron chi connectivity index (χ3n) is 6.73. The van der Waals surface area contributed by atoms with Gasteiger partial charge in [-0.2, -0.15) is 0 Å². The highest BCUT2D eigenvalue weighted by Crippen LogP contribution is 2.58. The highest BCUT2D eigenvalue weighted by molar-refractivity contribution is 5.93. The van der Waals surface area contributed by atoms with Gasteiger partial charge >= 0.3 is 0 Å². The van der Waals surface area contributed by atoms with Gasteiger partial charge in [-0.15, -0.1) is 0 Å². The van der Waals surface area contributed by atoms with Crippen molar-refractivity contribution in [1.29, 1.82) is 0 Å². The van der Waals surface area contributed by atoms with Gasteiger partial charge in [0.2, 0.25) is 0 Å². The average molecular weight is 306 g/mol. The van der Waals surface area contributed by atoms with Gasteiger partial charge in [-0.3, -0.25) is 4.79 Å². The van der Waals surface area contributed by atoms with E-state index in [0.29, 0.717) is 18.1 Å². The molecule has 3 aliphatic carbocycles. The molecular formula is C19H30O3. The Labute approximate surface area is 133 Å². The van der Waals surface area contributed by atoms with Crippen molar-refractivity contribution in [3.8, 4) is 0 Å². The number of hydrogen-bond acceptors (Lipinski definition) is 3. The van der Waals surface area contributed by atoms with E-state index in [2.05, 4.69) is 6.92 Å². The molecule has 3 fully saturated rings. The minimum atomic E-state index is -0.397. The average Bonchev–Trinajstić information content (AvgIpc) is 2.55. The van der Waals surface area contributed by atoms with Gasteiger partial charge in [0, 0.05) is 17.3 Å². The molecule has 0 heterocycles. The first kappa shape index (κ1) is 16.2. The molecule has 6 atom stereocenters. The molecule has 3 heteroatoms. The Hall–Kier alpha value is -0.670. The van der Waals surface area contributed by atoms with E-state index in [1.807, 2.05) is 19.1 Å². The number of aliphatic hydroxyl groups excluding tert-OH is 2. The second-order valence-corrected chi connectivity index (χ2v) is 8.05. The van der Waals surface area contributed by atoms with Gasteiger partial charge in [0.15, 0.2) is 0 Å². The van der Waals surface area contributed by atoms with Crippen molar-refractivity contribution in [1.82, 2.24) is 0 Å². The summed E-state index contributed by atoms with van der Waals surface area (Å²) in [5, 5.41) is 20.8. The van der Waals surface area contributed by atoms with Crippen LogP contribution in [0, 0.1) is 29.1 Å². The quantitative estimate of drug-likeness (QED) is 0.788. The summed E-state index contributed by atoms with van der Waals surface area (Å²) in [4.78, 5) is 12.2. The summed E-state index contributed by atoms with van der Waals surface area (Å²) in [6.45, 7) is 4.05. The molecule has 1 unspecified atom stereocenters. The lowest BCUT2D eigenvalue weighted by molar-refractivity contribution is -0.170. The van der Waals surface area contributed by atoms with Crippen LogP contribution in [-0.2, 0) is 4.79 Å². The standard InChI is InChI=1S/C19H30O3/c1-12-17-14(16(21)10-11-19(17,2)18(12)22)8-9-15(20)13-6-4-3-5-7-13/h8-9,12-17,20-21H,3-7,10-11H2,1-2H3/t12?,14-,15+,16+,17-,19-/m0/s1. The van der Waals surface area contributed by atoms with Crippen LogP contribution in [0.1, 0.15) is 58.8 Å². The van der Waals surface area contributed by atoms with Crippen molar-refractivity contribution in [3.05, 3.63) is 12.2 Å². The van der Waals surface area contributed by atoms with E-state index < -0.39 is 6.10 Å². The third-order valence-corrected chi connectivity index (χ3v) is 6.73. The fourth-order valence-electron chi connectivity index (χ4n) is 5.35. The van der Waals surface area contributed by atoms with Crippen molar-refractivity contribution in [2.45, 2.75) is 71.0 Å². The smallest absolute Gasteiger partial charge is 0.142 e. The number of aliphatic hydroxyl groups is 2. The first-order valence-electron chi connectivity index (χ1n) is 9.04. The summed E-state index contributed by atoms with van der Waals surface area (Å²) < 4.78 is 0. The van der Waals surface area contributed by atoms with Crippen LogP contribution in [0.3, 0.4) is 0 Å². The molecule has 0 spiro atoms. The monoisotopic (exact) mass is 306 g/mol. The van der Waals surface area contributed by atoms with Gasteiger partial charge in [-0.1, -0.05) is 45.3 Å². The normalized spacial score (nSPS) is 44.6. The Morgan fingerprint density at radius 3 is 2.59 bits per heavy atom. The van der Waals surface area contributed by atoms with Crippen LogP contribution < -0.4 is 0 Å². The first-order chi connectivity index (χ1) is 10.4. The number of ketones is 1. The maximum atomic E-state index is 12.2. The molecule has 3 saturated carbocycles. The number of Topliss-reactive ketones (excluding diaryl/α,β-unsaturated/α-hetero) is 1. The molecule has 0 aromatic heterocycles. The summed E-state index contributed by atoms with van der Waals surface area (Å²) in [5.41, 5.74) is -0.247. The minimum absolute atomic E-state index is 0.0182. The Kier molecular flexibility index (Phi) is 4.48. The first-order valence-corrected chi connectivity index (χ1v) is 9.04. The predicted molar refractivity (Wildman–Crippen MR) is 86.2 cm³/mol. The Bertz CT molecular complexity index is 452. The maximum absolute atomic E-state index is 12.2. The van der Waals surface area contributed by atoms with Crippen molar-refractivity contribution < 1.29 is 15.0 Å². The molecule has 0 bridgehead atoms. The zero-order valence-corrected chi connectivity index (χ0v) is 13.9. The molecule has 124 valence electrons. The van der Waals surface area contributed by atoms with Crippen LogP contribution in [0.4, 0.5) is 0 Å². The fourth-order valence-corrected chi connectivity index (χ4v) is 5.35. The van der Waals surface area contributed by atoms with Crippen molar-refractivity contribution >= 4 is 5.78 Å². The topological polar surface area (TPSA) is 57.5 Å². The molecule has 3 nitrogen and oxygen atoms in total. The Morgan fingerprint density at radius 1 is 1.23 bits per heavy atom. The Balaban J connectivity index is 1.69. The summed E-state index contributed by atoms with van der Waals surface area (Å²) in [6.07, 6.45) is 10.6. The lowest BCUT2D eigenvalue weighted by Gasteiger charge is -2.57. The largest absolute Gasteiger partial charge is 0.393 e. The molecule has 0 aromatic carbocycles. The van der Waals surface area contributed by atoms with Crippen LogP contribution in [0.15, 0.2) is 12.2 Å². The summed E-state index contributed by atoms with van der Waals surface area (Å²) in [5.74, 6) is 1.03. The van der Waals surface area contributed by atoms with Crippen molar-refractivity contribution in [3.63, 3.8) is 0 Å². The van der Waals surface area contributed by atoms with E-state index in [4.69, 9.17) is 0 Å². The summed E-state index contributed by atoms with van der Waals surface area (Å²) >= 11 is 0. The molecule has 0 aliphatic heterocycles. The third kappa shape index (κ3) is 2.56. The van der Waals surface area contributed by atoms with Gasteiger partial charge in [0.1, 0.15) is 5.78 Å². The van der Waals surface area contributed by atoms with Gasteiger partial charge in [-0.05, 0) is 37.5 Å². The van der Waals surface area contributed by atoms with E-state index in [1.54, 1.807) is 0 Å². The molecule has 0 radical (unpaired) electrons. The van der Waals surface area contributed by atoms with Crippen LogP contribution >= 0.6 is 0 Å². The SMILES string of the molecule is CC1C(=O)[C@@]2(C)CC[C@@H](O)[C@H](C=C[C@@H](O)C3CCCCC3)[C@H]12. The van der Waals surface area contributed by atoms with Gasteiger partial charge in [-0.25, -0.2) is 0 Å². The number of rotatable bonds is 3. The number of carbonyl (C=O) groups excluding carboxylic acids is 1. The lowest BCUT2D eigenvalue weighted by atomic mass is 9.45. The summed E-state index contributed by atoms with van der Waals surface area (Å²) in [7, 11) is 0. The highest BCUT2D eigenvalue weighted by Gasteiger charge is 2.61. The zero-order valence-electron chi connectivity index (χ0n) is 13.9. The van der Waals surface area contributed by atoms with E-state index in [1.165, 1.54) is 19.3 Å². The van der Waals surface area contributed by atoms with Gasteiger partial charge < -0.3 is 10.2 Å². The number of hydrogen-bond donors (Lipinski definition) is 2. The van der Waals surface area contributed by atoms with E-state index in [0.717, 1.165) is 19.3 Å². The molecule has 3 aliphatic rings. The molecule has 2 N–H and O–H groups in total. The number of fused-ring (bicyclic) bond motifs is 1. The van der Waals surface area contributed by atoms with Gasteiger partial charge in [0.25, 0.3) is 0 Å². The lowest BCUT2D eigenvalue weighted by Crippen LogP contribution is -2.62. The second-order valence-electron chi connectivity index (χ2n) is 8.05. The predicted octanol–water partition coefficient (Wildman–Crippen LogP) is 3.10.